The fourth-order valence-corrected chi connectivity index (χ4v) is 5.68. The maximum Gasteiger partial charge on any atom is 0.234 e. The monoisotopic (exact) mass is 475 g/mol. The molecule has 0 saturated carbocycles. The number of nitrogens with zero attached hydrogens (tertiary/aromatic N) is 1. The van der Waals surface area contributed by atoms with E-state index in [1.807, 2.05) is 42.7 Å². The zero-order valence-corrected chi connectivity index (χ0v) is 19.6. The first kappa shape index (κ1) is 21.7. The molecule has 1 amide bonds. The average Bonchev–Trinajstić information content (AvgIpc) is 3.27. The van der Waals surface area contributed by atoms with Gasteiger partial charge in [0.05, 0.1) is 22.1 Å². The van der Waals surface area contributed by atoms with Crippen LogP contribution in [0.1, 0.15) is 13.3 Å². The normalized spacial score (nSPS) is 24.1. The first-order valence-electron chi connectivity index (χ1n) is 10.7. The van der Waals surface area contributed by atoms with Crippen LogP contribution in [0, 0.1) is 17.2 Å². The fourth-order valence-electron chi connectivity index (χ4n) is 4.63. The van der Waals surface area contributed by atoms with Gasteiger partial charge in [0.2, 0.25) is 5.91 Å². The fraction of sp³-hybridized carbons (Fsp3) is 0.192. The van der Waals surface area contributed by atoms with Crippen LogP contribution in [0.25, 0.3) is 22.0 Å². The number of thiocarbonyl (C=S) groups is 1. The number of fused-ring (bicyclic) bond motifs is 3. The van der Waals surface area contributed by atoms with E-state index in [-0.39, 0.29) is 23.7 Å². The summed E-state index contributed by atoms with van der Waals surface area (Å²) < 4.78 is 14.2. The van der Waals surface area contributed by atoms with Gasteiger partial charge in [-0.05, 0) is 36.4 Å². The number of carbonyl (C=O) groups is 1. The molecule has 3 aromatic rings. The smallest absolute Gasteiger partial charge is 0.234 e. The molecule has 0 spiro atoms. The van der Waals surface area contributed by atoms with E-state index < -0.39 is 5.41 Å². The van der Waals surface area contributed by atoms with Crippen molar-refractivity contribution in [2.45, 2.75) is 19.4 Å². The van der Waals surface area contributed by atoms with E-state index in [2.05, 4.69) is 28.3 Å². The molecular weight excluding hydrogens is 453 g/mol. The summed E-state index contributed by atoms with van der Waals surface area (Å²) >= 11 is 6.89. The zero-order valence-electron chi connectivity index (χ0n) is 18.0. The van der Waals surface area contributed by atoms with Crippen LogP contribution in [0.4, 0.5) is 9.52 Å². The second-order valence-corrected chi connectivity index (χ2v) is 9.85. The van der Waals surface area contributed by atoms with E-state index in [1.54, 1.807) is 18.2 Å². The van der Waals surface area contributed by atoms with Crippen LogP contribution in [0.5, 0.6) is 0 Å². The molecule has 1 aliphatic carbocycles. The highest BCUT2D eigenvalue weighted by Gasteiger charge is 2.51. The first-order chi connectivity index (χ1) is 15.9. The van der Waals surface area contributed by atoms with E-state index in [4.69, 9.17) is 12.2 Å². The molecule has 166 valence electrons. The Morgan fingerprint density at radius 3 is 2.88 bits per heavy atom. The number of carbonyl (C=O) groups excluding carboxylic acids is 1. The predicted octanol–water partition coefficient (Wildman–Crippen LogP) is 6.03. The van der Waals surface area contributed by atoms with Crippen molar-refractivity contribution in [2.24, 2.45) is 11.3 Å². The Bertz CT molecular complexity index is 1360. The summed E-state index contributed by atoms with van der Waals surface area (Å²) in [4.78, 5) is 18.8. The number of amides is 1. The summed E-state index contributed by atoms with van der Waals surface area (Å²) in [6, 6.07) is 10.3. The van der Waals surface area contributed by atoms with Gasteiger partial charge in [-0.1, -0.05) is 67.4 Å². The Balaban J connectivity index is 1.40. The maximum absolute atomic E-state index is 14.2. The molecule has 33 heavy (non-hydrogen) atoms. The van der Waals surface area contributed by atoms with Crippen LogP contribution in [0.2, 0.25) is 0 Å². The minimum Gasteiger partial charge on any atom is -0.372 e. The third kappa shape index (κ3) is 3.71. The largest absolute Gasteiger partial charge is 0.372 e. The van der Waals surface area contributed by atoms with Crippen molar-refractivity contribution in [1.29, 1.82) is 0 Å². The second kappa shape index (κ2) is 8.32. The number of aromatic nitrogens is 1. The number of rotatable bonds is 5. The third-order valence-corrected chi connectivity index (χ3v) is 7.67. The maximum atomic E-state index is 14.2. The number of thiazole rings is 1. The van der Waals surface area contributed by atoms with E-state index in [1.165, 1.54) is 17.4 Å². The lowest BCUT2D eigenvalue weighted by atomic mass is 9.64. The van der Waals surface area contributed by atoms with Gasteiger partial charge < -0.3 is 10.6 Å². The van der Waals surface area contributed by atoms with Crippen molar-refractivity contribution in [3.05, 3.63) is 84.1 Å². The topological polar surface area (TPSA) is 54.0 Å². The summed E-state index contributed by atoms with van der Waals surface area (Å²) in [7, 11) is 0. The van der Waals surface area contributed by atoms with Crippen molar-refractivity contribution in [1.82, 2.24) is 10.3 Å². The first-order valence-corrected chi connectivity index (χ1v) is 12.0. The molecule has 3 unspecified atom stereocenters. The van der Waals surface area contributed by atoms with Gasteiger partial charge in [0.1, 0.15) is 5.82 Å². The molecule has 2 N–H and O–H groups in total. The number of benzene rings is 2. The van der Waals surface area contributed by atoms with Crippen LogP contribution in [0.3, 0.4) is 0 Å². The number of anilines is 1. The number of nitrogens with one attached hydrogen (secondary N) is 2. The highest BCUT2D eigenvalue weighted by atomic mass is 32.1. The van der Waals surface area contributed by atoms with Crippen LogP contribution in [-0.2, 0) is 4.79 Å². The summed E-state index contributed by atoms with van der Waals surface area (Å²) in [5.41, 5.74) is 2.00. The van der Waals surface area contributed by atoms with Gasteiger partial charge in [-0.25, -0.2) is 9.37 Å². The van der Waals surface area contributed by atoms with Crippen LogP contribution in [0.15, 0.2) is 78.2 Å². The number of allylic oxidation sites excluding steroid dienone is 3. The highest BCUT2D eigenvalue weighted by molar-refractivity contribution is 7.80. The molecule has 4 nitrogen and oxygen atoms in total. The molecular formula is C26H22FN3OS2. The standard InChI is InChI=1S/C26H22FN3OS2/c1-3-4-7-15-12-22-26(2,13-19(15)23(32)29-22)24(31)30-25-28-21(14-33-25)18-10-11-20(27)17-9-6-5-8-16(17)18/h3-12,14,19,22H,1,13H2,2H3,(H,29,32)(H,28,30,31)/b7-4-. The number of halogens is 1. The van der Waals surface area contributed by atoms with Crippen LogP contribution < -0.4 is 10.6 Å². The predicted molar refractivity (Wildman–Crippen MR) is 137 cm³/mol. The van der Waals surface area contributed by atoms with Gasteiger partial charge in [-0.3, -0.25) is 4.79 Å². The molecule has 6 rings (SSSR count). The van der Waals surface area contributed by atoms with E-state index >= 15 is 0 Å². The number of hydrogen-bond acceptors (Lipinski definition) is 4. The van der Waals surface area contributed by atoms with E-state index in [0.717, 1.165) is 21.5 Å². The Labute approximate surface area is 200 Å². The van der Waals surface area contributed by atoms with Crippen molar-refractivity contribution in [2.75, 3.05) is 5.32 Å². The molecule has 2 aromatic carbocycles. The summed E-state index contributed by atoms with van der Waals surface area (Å²) in [5.74, 6) is -0.367. The van der Waals surface area contributed by atoms with Gasteiger partial charge in [0.25, 0.3) is 0 Å². The summed E-state index contributed by atoms with van der Waals surface area (Å²) in [5, 5.41) is 10.1. The van der Waals surface area contributed by atoms with E-state index in [0.29, 0.717) is 22.6 Å². The Hall–Kier alpha value is -3.16. The van der Waals surface area contributed by atoms with Gasteiger partial charge in [0.15, 0.2) is 5.13 Å². The SMILES string of the molecule is C=C/C=C\C1=CC2NC(=S)C1CC2(C)C(=O)Nc1nc(-c2ccc(F)c3ccccc23)cs1. The summed E-state index contributed by atoms with van der Waals surface area (Å²) in [6.07, 6.45) is 8.35. The molecule has 2 bridgehead atoms. The van der Waals surface area contributed by atoms with Crippen molar-refractivity contribution >= 4 is 50.4 Å². The lowest BCUT2D eigenvalue weighted by Crippen LogP contribution is -2.61. The number of piperidine rings is 1. The average molecular weight is 476 g/mol. The van der Waals surface area contributed by atoms with Gasteiger partial charge in [-0.2, -0.15) is 0 Å². The molecule has 3 aliphatic rings. The van der Waals surface area contributed by atoms with Crippen molar-refractivity contribution < 1.29 is 9.18 Å². The Morgan fingerprint density at radius 2 is 2.12 bits per heavy atom. The zero-order chi connectivity index (χ0) is 23.2. The number of hydrogen-bond donors (Lipinski definition) is 2. The lowest BCUT2D eigenvalue weighted by Gasteiger charge is -2.48. The Morgan fingerprint density at radius 1 is 1.33 bits per heavy atom. The minimum absolute atomic E-state index is 0.00520. The molecule has 1 aromatic heterocycles. The van der Waals surface area contributed by atoms with Crippen LogP contribution in [-0.4, -0.2) is 21.9 Å². The van der Waals surface area contributed by atoms with Crippen molar-refractivity contribution in [3.63, 3.8) is 0 Å². The minimum atomic E-state index is -0.660. The second-order valence-electron chi connectivity index (χ2n) is 8.55. The van der Waals surface area contributed by atoms with Gasteiger partial charge >= 0.3 is 0 Å². The third-order valence-electron chi connectivity index (χ3n) is 6.51. The molecule has 2 aliphatic heterocycles. The Kier molecular flexibility index (Phi) is 5.46. The quantitative estimate of drug-likeness (QED) is 0.349. The molecule has 1 fully saturated rings. The molecule has 7 heteroatoms. The van der Waals surface area contributed by atoms with Gasteiger partial charge in [-0.15, -0.1) is 11.3 Å². The molecule has 3 atom stereocenters. The van der Waals surface area contributed by atoms with E-state index in [9.17, 15) is 9.18 Å². The van der Waals surface area contributed by atoms with Gasteiger partial charge in [0, 0.05) is 22.2 Å². The van der Waals surface area contributed by atoms with Crippen LogP contribution >= 0.6 is 23.6 Å². The molecule has 1 saturated heterocycles. The molecule has 0 radical (unpaired) electrons. The lowest BCUT2D eigenvalue weighted by molar-refractivity contribution is -0.126. The highest BCUT2D eigenvalue weighted by Crippen LogP contribution is 2.45. The summed E-state index contributed by atoms with van der Waals surface area (Å²) in [6.45, 7) is 5.68. The van der Waals surface area contributed by atoms with Crippen molar-refractivity contribution in [3.8, 4) is 11.3 Å². The molecule has 3 heterocycles.